The Morgan fingerprint density at radius 1 is 1.15 bits per heavy atom. The molecule has 184 valence electrons. The van der Waals surface area contributed by atoms with Crippen LogP contribution >= 0.6 is 46.9 Å². The van der Waals surface area contributed by atoms with E-state index in [4.69, 9.17) is 33.7 Å². The van der Waals surface area contributed by atoms with Crippen molar-refractivity contribution in [3.05, 3.63) is 80.1 Å². The first kappa shape index (κ1) is 27.3. The molecule has 2 atom stereocenters. The van der Waals surface area contributed by atoms with E-state index in [1.807, 2.05) is 42.6 Å². The molecule has 34 heavy (non-hydrogen) atoms. The zero-order valence-electron chi connectivity index (χ0n) is 18.6. The van der Waals surface area contributed by atoms with Gasteiger partial charge in [0, 0.05) is 18.5 Å². The lowest BCUT2D eigenvalue weighted by atomic mass is 9.76. The fourth-order valence-electron chi connectivity index (χ4n) is 4.13. The summed E-state index contributed by atoms with van der Waals surface area (Å²) in [6.07, 6.45) is 2.60. The van der Waals surface area contributed by atoms with Crippen LogP contribution in [0.15, 0.2) is 52.1 Å². The van der Waals surface area contributed by atoms with Crippen molar-refractivity contribution in [2.75, 3.05) is 13.2 Å². The summed E-state index contributed by atoms with van der Waals surface area (Å²) in [5.74, 6) is 0.836. The number of hydrogen-bond donors (Lipinski definition) is 2. The van der Waals surface area contributed by atoms with E-state index in [1.54, 1.807) is 6.07 Å². The van der Waals surface area contributed by atoms with Gasteiger partial charge >= 0.3 is 0 Å². The van der Waals surface area contributed by atoms with E-state index in [0.717, 1.165) is 30.4 Å². The smallest absolute Gasteiger partial charge is 0.250 e. The highest BCUT2D eigenvalue weighted by atomic mass is 35.5. The number of rotatable bonds is 8. The minimum Gasteiger partial charge on any atom is -0.492 e. The molecule has 0 aliphatic heterocycles. The van der Waals surface area contributed by atoms with Crippen LogP contribution in [-0.4, -0.2) is 27.6 Å². The lowest BCUT2D eigenvalue weighted by Crippen LogP contribution is -2.34. The number of thiophene rings is 1. The average molecular weight is 562 g/mol. The number of sulfonamides is 1. The lowest BCUT2D eigenvalue weighted by Gasteiger charge is -2.32. The third kappa shape index (κ3) is 6.46. The maximum atomic E-state index is 12.4. The van der Waals surface area contributed by atoms with Gasteiger partial charge in [0.2, 0.25) is 10.0 Å². The molecule has 0 fully saturated rings. The highest BCUT2D eigenvalue weighted by Gasteiger charge is 2.28. The molecule has 3 N–H and O–H groups in total. The number of fused-ring (bicyclic) bond motifs is 1. The molecule has 0 bridgehead atoms. The number of halogens is 3. The Morgan fingerprint density at radius 3 is 2.65 bits per heavy atom. The van der Waals surface area contributed by atoms with Gasteiger partial charge in [-0.15, -0.1) is 23.7 Å². The van der Waals surface area contributed by atoms with E-state index in [2.05, 4.69) is 10.8 Å². The fraction of sp³-hybridized carbons (Fsp3) is 0.333. The maximum Gasteiger partial charge on any atom is 0.250 e. The number of hydrogen-bond acceptors (Lipinski definition) is 5. The van der Waals surface area contributed by atoms with Gasteiger partial charge < -0.3 is 10.5 Å². The summed E-state index contributed by atoms with van der Waals surface area (Å²) in [6, 6.07) is 13.4. The zero-order chi connectivity index (χ0) is 23.6. The van der Waals surface area contributed by atoms with E-state index < -0.39 is 10.0 Å². The molecule has 4 rings (SSSR count). The molecule has 0 radical (unpaired) electrons. The van der Waals surface area contributed by atoms with Crippen molar-refractivity contribution in [2.24, 2.45) is 5.73 Å². The predicted octanol–water partition coefficient (Wildman–Crippen LogP) is 5.74. The van der Waals surface area contributed by atoms with Gasteiger partial charge in [-0.3, -0.25) is 0 Å². The van der Waals surface area contributed by atoms with Crippen LogP contribution in [0.3, 0.4) is 0 Å². The Hall–Kier alpha value is -1.32. The third-order valence-electron chi connectivity index (χ3n) is 5.85. The Kier molecular flexibility index (Phi) is 9.31. The van der Waals surface area contributed by atoms with Crippen molar-refractivity contribution in [2.45, 2.75) is 42.4 Å². The van der Waals surface area contributed by atoms with Crippen molar-refractivity contribution >= 4 is 57.0 Å². The van der Waals surface area contributed by atoms with Gasteiger partial charge in [-0.2, -0.15) is 0 Å². The van der Waals surface area contributed by atoms with Crippen LogP contribution in [0.2, 0.25) is 10.0 Å². The molecule has 0 saturated heterocycles. The normalized spacial score (nSPS) is 17.6. The van der Waals surface area contributed by atoms with Gasteiger partial charge in [0.05, 0.1) is 10.0 Å². The Labute approximate surface area is 221 Å². The third-order valence-corrected chi connectivity index (χ3v) is 9.61. The van der Waals surface area contributed by atoms with Crippen LogP contribution in [0.1, 0.15) is 34.6 Å². The Morgan fingerprint density at radius 2 is 1.94 bits per heavy atom. The second-order valence-electron chi connectivity index (χ2n) is 8.31. The summed E-state index contributed by atoms with van der Waals surface area (Å²) < 4.78 is 33.5. The van der Waals surface area contributed by atoms with Gasteiger partial charge in [-0.25, -0.2) is 13.1 Å². The lowest BCUT2D eigenvalue weighted by molar-refractivity contribution is 0.321. The number of nitrogens with two attached hydrogens (primary N) is 1. The van der Waals surface area contributed by atoms with Gasteiger partial charge in [-0.05, 0) is 84.2 Å². The molecule has 0 spiro atoms. The fourth-order valence-corrected chi connectivity index (χ4v) is 6.74. The number of ether oxygens (including phenoxy) is 1. The second-order valence-corrected chi connectivity index (χ2v) is 12.0. The van der Waals surface area contributed by atoms with Crippen LogP contribution in [0.5, 0.6) is 5.75 Å². The van der Waals surface area contributed by atoms with Crippen LogP contribution in [0.25, 0.3) is 0 Å². The molecular formula is C24H27Cl3N2O3S2. The summed E-state index contributed by atoms with van der Waals surface area (Å²) in [4.78, 5) is 0. The first-order valence-corrected chi connectivity index (χ1v) is 13.8. The summed E-state index contributed by atoms with van der Waals surface area (Å²) in [7, 11) is -3.51. The van der Waals surface area contributed by atoms with E-state index in [1.165, 1.54) is 22.5 Å². The minimum atomic E-state index is -3.51. The van der Waals surface area contributed by atoms with Gasteiger partial charge in [0.25, 0.3) is 0 Å². The molecule has 1 aliphatic rings. The molecule has 0 saturated carbocycles. The maximum absolute atomic E-state index is 12.4. The largest absolute Gasteiger partial charge is 0.492 e. The molecule has 3 aromatic rings. The molecule has 1 heterocycles. The monoisotopic (exact) mass is 560 g/mol. The Balaban J connectivity index is 0.00000324. The van der Waals surface area contributed by atoms with Crippen molar-refractivity contribution < 1.29 is 13.2 Å². The molecule has 2 aromatic carbocycles. The average Bonchev–Trinajstić information content (AvgIpc) is 3.23. The number of aryl methyl sites for hydroxylation is 2. The molecule has 2 unspecified atom stereocenters. The van der Waals surface area contributed by atoms with Crippen molar-refractivity contribution in [1.82, 2.24) is 4.72 Å². The van der Waals surface area contributed by atoms with Crippen molar-refractivity contribution in [3.8, 4) is 5.75 Å². The summed E-state index contributed by atoms with van der Waals surface area (Å²) >= 11 is 13.5. The van der Waals surface area contributed by atoms with E-state index in [9.17, 15) is 8.42 Å². The van der Waals surface area contributed by atoms with Crippen LogP contribution < -0.4 is 15.2 Å². The molecule has 10 heteroatoms. The van der Waals surface area contributed by atoms with E-state index >= 15 is 0 Å². The molecule has 5 nitrogen and oxygen atoms in total. The first-order valence-electron chi connectivity index (χ1n) is 10.7. The van der Waals surface area contributed by atoms with Crippen LogP contribution in [0.4, 0.5) is 0 Å². The molecule has 1 aliphatic carbocycles. The molecular weight excluding hydrogens is 535 g/mol. The van der Waals surface area contributed by atoms with Gasteiger partial charge in [0.15, 0.2) is 0 Å². The van der Waals surface area contributed by atoms with Crippen molar-refractivity contribution in [3.63, 3.8) is 0 Å². The minimum absolute atomic E-state index is 0. The van der Waals surface area contributed by atoms with Crippen LogP contribution in [-0.2, 0) is 22.9 Å². The standard InChI is InChI=1S/C24H26Cl2N2O3S2.ClH/c1-15-10-24(32-14-15)33(29,30)28-8-9-31-18-5-3-17-4-7-23(27)20(19(17)13-18)11-16-2-6-21(25)22(26)12-16;/h2-3,5-6,10,12-14,20,23,28H,4,7-9,11,27H2,1H3;1H. The Bertz CT molecular complexity index is 1250. The molecule has 1 aromatic heterocycles. The highest BCUT2D eigenvalue weighted by molar-refractivity contribution is 7.91. The zero-order valence-corrected chi connectivity index (χ0v) is 22.6. The van der Waals surface area contributed by atoms with E-state index in [-0.39, 0.29) is 37.5 Å². The SMILES string of the molecule is Cc1csc(S(=O)(=O)NCCOc2ccc3c(c2)C(Cc2ccc(Cl)c(Cl)c2)C(N)CC3)c1.Cl. The quantitative estimate of drug-likeness (QED) is 0.344. The van der Waals surface area contributed by atoms with Gasteiger partial charge in [-0.1, -0.05) is 35.3 Å². The van der Waals surface area contributed by atoms with E-state index in [0.29, 0.717) is 20.0 Å². The predicted molar refractivity (Wildman–Crippen MR) is 143 cm³/mol. The summed E-state index contributed by atoms with van der Waals surface area (Å²) in [5, 5.41) is 2.89. The number of nitrogens with one attached hydrogen (secondary N) is 1. The van der Waals surface area contributed by atoms with Crippen LogP contribution in [0, 0.1) is 6.92 Å². The molecule has 0 amide bonds. The van der Waals surface area contributed by atoms with Gasteiger partial charge in [0.1, 0.15) is 16.6 Å². The first-order chi connectivity index (χ1) is 15.7. The highest BCUT2D eigenvalue weighted by Crippen LogP contribution is 2.36. The summed E-state index contributed by atoms with van der Waals surface area (Å²) in [6.45, 7) is 2.28. The van der Waals surface area contributed by atoms with Crippen molar-refractivity contribution in [1.29, 1.82) is 0 Å². The number of benzene rings is 2. The second kappa shape index (κ2) is 11.6. The summed E-state index contributed by atoms with van der Waals surface area (Å²) in [5.41, 5.74) is 11.0. The topological polar surface area (TPSA) is 81.4 Å².